The van der Waals surface area contributed by atoms with Gasteiger partial charge in [-0.05, 0) is 30.7 Å². The minimum absolute atomic E-state index is 0.116. The van der Waals surface area contributed by atoms with Crippen LogP contribution in [0.15, 0.2) is 41.4 Å². The topological polar surface area (TPSA) is 80.3 Å². The number of rotatable bonds is 8. The molecule has 0 saturated carbocycles. The third-order valence-electron chi connectivity index (χ3n) is 4.74. The van der Waals surface area contributed by atoms with Gasteiger partial charge < -0.3 is 10.1 Å². The van der Waals surface area contributed by atoms with Gasteiger partial charge in [-0.15, -0.1) is 0 Å². The SMILES string of the molecule is CCCNC1COc2cc(NS(=O)(=O)c3ccc([C@H](C)CF)cc3)cnc2C1. The average Bonchev–Trinajstić information content (AvgIpc) is 2.71. The van der Waals surface area contributed by atoms with E-state index in [2.05, 4.69) is 21.9 Å². The average molecular weight is 408 g/mol. The highest BCUT2D eigenvalue weighted by atomic mass is 32.2. The maximum Gasteiger partial charge on any atom is 0.261 e. The zero-order chi connectivity index (χ0) is 20.1. The van der Waals surface area contributed by atoms with Crippen LogP contribution >= 0.6 is 0 Å². The number of nitrogens with zero attached hydrogens (tertiary/aromatic N) is 1. The van der Waals surface area contributed by atoms with Crippen molar-refractivity contribution < 1.29 is 17.5 Å². The Morgan fingerprint density at radius 2 is 2.07 bits per heavy atom. The molecule has 6 nitrogen and oxygen atoms in total. The Balaban J connectivity index is 1.71. The van der Waals surface area contributed by atoms with Gasteiger partial charge in [0.2, 0.25) is 0 Å². The molecule has 1 unspecified atom stereocenters. The molecule has 1 aromatic heterocycles. The van der Waals surface area contributed by atoms with Crippen molar-refractivity contribution in [3.8, 4) is 5.75 Å². The van der Waals surface area contributed by atoms with E-state index in [1.807, 2.05) is 0 Å². The molecule has 0 saturated heterocycles. The van der Waals surface area contributed by atoms with Crippen LogP contribution < -0.4 is 14.8 Å². The monoisotopic (exact) mass is 407 g/mol. The summed E-state index contributed by atoms with van der Waals surface area (Å²) in [6.07, 6.45) is 3.29. The van der Waals surface area contributed by atoms with E-state index >= 15 is 0 Å². The summed E-state index contributed by atoms with van der Waals surface area (Å²) in [5.74, 6) is 0.337. The maximum absolute atomic E-state index is 12.8. The van der Waals surface area contributed by atoms with Crippen molar-refractivity contribution in [1.29, 1.82) is 0 Å². The predicted molar refractivity (Wildman–Crippen MR) is 107 cm³/mol. The molecule has 2 heterocycles. The van der Waals surface area contributed by atoms with Crippen LogP contribution in [0, 0.1) is 0 Å². The van der Waals surface area contributed by atoms with E-state index in [1.54, 1.807) is 25.1 Å². The number of pyridine rings is 1. The van der Waals surface area contributed by atoms with E-state index < -0.39 is 16.7 Å². The van der Waals surface area contributed by atoms with Gasteiger partial charge in [-0.1, -0.05) is 26.0 Å². The Labute approximate surface area is 165 Å². The standard InChI is InChI=1S/C20H26FN3O3S/c1-3-8-22-17-9-19-20(27-13-17)10-16(12-23-19)24-28(25,26)18-6-4-15(5-7-18)14(2)11-21/h4-7,10,12,14,17,22,24H,3,8-9,11,13H2,1-2H3/t14-,17?/m1/s1. The molecule has 1 aliphatic heterocycles. The van der Waals surface area contributed by atoms with Crippen molar-refractivity contribution in [2.75, 3.05) is 24.5 Å². The fourth-order valence-corrected chi connectivity index (χ4v) is 4.08. The van der Waals surface area contributed by atoms with Gasteiger partial charge >= 0.3 is 0 Å². The second kappa shape index (κ2) is 8.87. The van der Waals surface area contributed by atoms with Crippen molar-refractivity contribution in [2.24, 2.45) is 0 Å². The van der Waals surface area contributed by atoms with E-state index in [0.29, 0.717) is 18.0 Å². The predicted octanol–water partition coefficient (Wildman–Crippen LogP) is 3.26. The minimum atomic E-state index is -3.76. The van der Waals surface area contributed by atoms with E-state index in [-0.39, 0.29) is 16.9 Å². The molecule has 0 fully saturated rings. The lowest BCUT2D eigenvalue weighted by Crippen LogP contribution is -2.40. The molecule has 0 aliphatic carbocycles. The lowest BCUT2D eigenvalue weighted by atomic mass is 10.0. The number of sulfonamides is 1. The Morgan fingerprint density at radius 3 is 2.75 bits per heavy atom. The second-order valence-corrected chi connectivity index (χ2v) is 8.75. The Kier molecular flexibility index (Phi) is 6.51. The molecule has 1 aromatic carbocycles. The van der Waals surface area contributed by atoms with Crippen LogP contribution in [0.4, 0.5) is 10.1 Å². The Morgan fingerprint density at radius 1 is 1.32 bits per heavy atom. The van der Waals surface area contributed by atoms with Crippen molar-refractivity contribution in [1.82, 2.24) is 10.3 Å². The smallest absolute Gasteiger partial charge is 0.261 e. The molecular weight excluding hydrogens is 381 g/mol. The Hall–Kier alpha value is -2.19. The van der Waals surface area contributed by atoms with E-state index in [0.717, 1.165) is 30.6 Å². The van der Waals surface area contributed by atoms with Gasteiger partial charge in [0.25, 0.3) is 10.0 Å². The molecule has 0 bridgehead atoms. The molecule has 2 aromatic rings. The zero-order valence-corrected chi connectivity index (χ0v) is 16.9. The summed E-state index contributed by atoms with van der Waals surface area (Å²) in [6.45, 7) is 4.82. The summed E-state index contributed by atoms with van der Waals surface area (Å²) in [5.41, 5.74) is 1.92. The van der Waals surface area contributed by atoms with Crippen LogP contribution in [0.3, 0.4) is 0 Å². The molecule has 152 valence electrons. The summed E-state index contributed by atoms with van der Waals surface area (Å²) >= 11 is 0. The van der Waals surface area contributed by atoms with Crippen LogP contribution in [0.2, 0.25) is 0 Å². The zero-order valence-electron chi connectivity index (χ0n) is 16.1. The number of benzene rings is 1. The number of fused-ring (bicyclic) bond motifs is 1. The molecule has 28 heavy (non-hydrogen) atoms. The first-order valence-electron chi connectivity index (χ1n) is 9.46. The highest BCUT2D eigenvalue weighted by Gasteiger charge is 2.22. The summed E-state index contributed by atoms with van der Waals surface area (Å²) in [5, 5.41) is 3.40. The number of hydrogen-bond acceptors (Lipinski definition) is 5. The van der Waals surface area contributed by atoms with Crippen LogP contribution in [0.5, 0.6) is 5.75 Å². The summed E-state index contributed by atoms with van der Waals surface area (Å²) in [4.78, 5) is 4.49. The van der Waals surface area contributed by atoms with Gasteiger partial charge in [-0.3, -0.25) is 14.1 Å². The molecule has 0 spiro atoms. The number of anilines is 1. The fourth-order valence-electron chi connectivity index (χ4n) is 3.05. The molecule has 3 rings (SSSR count). The van der Waals surface area contributed by atoms with E-state index in [9.17, 15) is 12.8 Å². The van der Waals surface area contributed by atoms with E-state index in [4.69, 9.17) is 4.74 Å². The summed E-state index contributed by atoms with van der Waals surface area (Å²) in [6, 6.07) is 8.11. The number of ether oxygens (including phenoxy) is 1. The highest BCUT2D eigenvalue weighted by molar-refractivity contribution is 7.92. The molecule has 2 atom stereocenters. The quantitative estimate of drug-likeness (QED) is 0.702. The van der Waals surface area contributed by atoms with Gasteiger partial charge in [0.05, 0.1) is 29.1 Å². The minimum Gasteiger partial charge on any atom is -0.490 e. The molecule has 2 N–H and O–H groups in total. The van der Waals surface area contributed by atoms with Gasteiger partial charge in [0, 0.05) is 24.4 Å². The number of aromatic nitrogens is 1. The molecule has 1 aliphatic rings. The van der Waals surface area contributed by atoms with Crippen LogP contribution in [-0.4, -0.2) is 39.3 Å². The largest absolute Gasteiger partial charge is 0.490 e. The number of halogens is 1. The van der Waals surface area contributed by atoms with Gasteiger partial charge in [0.1, 0.15) is 12.4 Å². The van der Waals surface area contributed by atoms with Crippen LogP contribution in [0.25, 0.3) is 0 Å². The number of nitrogens with one attached hydrogen (secondary N) is 2. The van der Waals surface area contributed by atoms with Crippen LogP contribution in [0.1, 0.15) is 37.4 Å². The lowest BCUT2D eigenvalue weighted by Gasteiger charge is -2.25. The van der Waals surface area contributed by atoms with Crippen molar-refractivity contribution in [3.05, 3.63) is 47.8 Å². The summed E-state index contributed by atoms with van der Waals surface area (Å²) in [7, 11) is -3.76. The van der Waals surface area contributed by atoms with Crippen molar-refractivity contribution in [2.45, 2.75) is 43.5 Å². The molecule has 0 radical (unpaired) electrons. The third-order valence-corrected chi connectivity index (χ3v) is 6.13. The van der Waals surface area contributed by atoms with Crippen molar-refractivity contribution >= 4 is 15.7 Å². The Bertz CT molecular complexity index is 903. The maximum atomic E-state index is 12.8. The number of hydrogen-bond donors (Lipinski definition) is 2. The highest BCUT2D eigenvalue weighted by Crippen LogP contribution is 2.27. The van der Waals surface area contributed by atoms with Gasteiger partial charge in [0.15, 0.2) is 0 Å². The van der Waals surface area contributed by atoms with Crippen LogP contribution in [-0.2, 0) is 16.4 Å². The van der Waals surface area contributed by atoms with Gasteiger partial charge in [-0.2, -0.15) is 0 Å². The first kappa shape index (κ1) is 20.5. The fraction of sp³-hybridized carbons (Fsp3) is 0.450. The van der Waals surface area contributed by atoms with Crippen molar-refractivity contribution in [3.63, 3.8) is 0 Å². The molecule has 0 amide bonds. The second-order valence-electron chi connectivity index (χ2n) is 7.06. The molecular formula is C20H26FN3O3S. The van der Waals surface area contributed by atoms with E-state index in [1.165, 1.54) is 18.3 Å². The van der Waals surface area contributed by atoms with Gasteiger partial charge in [-0.25, -0.2) is 8.42 Å². The first-order valence-corrected chi connectivity index (χ1v) is 10.9. The normalized spacial score (nSPS) is 17.5. The number of alkyl halides is 1. The third kappa shape index (κ3) is 4.80. The summed E-state index contributed by atoms with van der Waals surface area (Å²) < 4.78 is 46.3. The lowest BCUT2D eigenvalue weighted by molar-refractivity contribution is 0.236. The molecule has 8 heteroatoms. The first-order chi connectivity index (χ1) is 13.4.